The van der Waals surface area contributed by atoms with Crippen LogP contribution in [0.2, 0.25) is 0 Å². The molecule has 0 bridgehead atoms. The lowest BCUT2D eigenvalue weighted by Crippen LogP contribution is -2.24. The van der Waals surface area contributed by atoms with E-state index in [2.05, 4.69) is 35.7 Å². The number of pyridine rings is 1. The van der Waals surface area contributed by atoms with Gasteiger partial charge in [0.05, 0.1) is 5.60 Å². The minimum absolute atomic E-state index is 0.118. The summed E-state index contributed by atoms with van der Waals surface area (Å²) in [7, 11) is 1.76. The smallest absolute Gasteiger partial charge is 0.140 e. The maximum Gasteiger partial charge on any atom is 0.140 e. The van der Waals surface area contributed by atoms with Crippen LogP contribution in [0.3, 0.4) is 0 Å². The zero-order valence-electron chi connectivity index (χ0n) is 12.9. The number of aromatic nitrogens is 2. The number of nitrogens with two attached hydrogens (primary N) is 1. The van der Waals surface area contributed by atoms with Gasteiger partial charge in [-0.2, -0.15) is 0 Å². The second-order valence-corrected chi connectivity index (χ2v) is 6.12. The highest BCUT2D eigenvalue weighted by Crippen LogP contribution is 2.22. The Kier molecular flexibility index (Phi) is 4.45. The molecule has 0 saturated heterocycles. The number of hydrogen-bond donors (Lipinski definition) is 1. The molecule has 0 aliphatic rings. The van der Waals surface area contributed by atoms with E-state index in [-0.39, 0.29) is 11.6 Å². The molecule has 0 amide bonds. The number of aryl methyl sites for hydroxylation is 1. The molecule has 4 heteroatoms. The summed E-state index contributed by atoms with van der Waals surface area (Å²) < 4.78 is 7.71. The molecule has 2 heterocycles. The fraction of sp³-hybridized carbons (Fsp3) is 0.562. The first-order valence-electron chi connectivity index (χ1n) is 7.16. The van der Waals surface area contributed by atoms with Crippen molar-refractivity contribution >= 4 is 11.0 Å². The molecular formula is C16H25N3O. The summed E-state index contributed by atoms with van der Waals surface area (Å²) in [6, 6.07) is 4.26. The number of nitrogens with zero attached hydrogens (tertiary/aromatic N) is 2. The predicted octanol–water partition coefficient (Wildman–Crippen LogP) is 2.74. The number of methoxy groups -OCH3 is 1. The standard InChI is InChI=1S/C16H25N3O/c1-12(17)10-13-11-19(9-7-16(2,3)20-4)15-14(13)6-5-8-18-15/h5-6,8,11-12H,7,9-10,17H2,1-4H3. The Morgan fingerprint density at radius 2 is 2.20 bits per heavy atom. The zero-order chi connectivity index (χ0) is 14.8. The topological polar surface area (TPSA) is 53.1 Å². The molecule has 0 spiro atoms. The first-order chi connectivity index (χ1) is 9.43. The van der Waals surface area contributed by atoms with Gasteiger partial charge in [-0.05, 0) is 51.3 Å². The van der Waals surface area contributed by atoms with Crippen LogP contribution in [0, 0.1) is 0 Å². The zero-order valence-corrected chi connectivity index (χ0v) is 12.9. The van der Waals surface area contributed by atoms with E-state index in [1.807, 2.05) is 19.2 Å². The van der Waals surface area contributed by atoms with Crippen molar-refractivity contribution in [3.05, 3.63) is 30.1 Å². The van der Waals surface area contributed by atoms with Crippen molar-refractivity contribution in [1.29, 1.82) is 0 Å². The van der Waals surface area contributed by atoms with Gasteiger partial charge in [0.25, 0.3) is 0 Å². The normalized spacial score (nSPS) is 13.8. The van der Waals surface area contributed by atoms with Crippen molar-refractivity contribution < 1.29 is 4.74 Å². The maximum atomic E-state index is 5.94. The van der Waals surface area contributed by atoms with Gasteiger partial charge < -0.3 is 15.0 Å². The summed E-state index contributed by atoms with van der Waals surface area (Å²) in [6.45, 7) is 7.14. The average molecular weight is 275 g/mol. The van der Waals surface area contributed by atoms with Gasteiger partial charge >= 0.3 is 0 Å². The monoisotopic (exact) mass is 275 g/mol. The predicted molar refractivity (Wildman–Crippen MR) is 82.8 cm³/mol. The van der Waals surface area contributed by atoms with Gasteiger partial charge in [0.2, 0.25) is 0 Å². The largest absolute Gasteiger partial charge is 0.379 e. The molecule has 0 aliphatic heterocycles. The Morgan fingerprint density at radius 3 is 2.85 bits per heavy atom. The Bertz CT molecular complexity index is 572. The second-order valence-electron chi connectivity index (χ2n) is 6.12. The number of ether oxygens (including phenoxy) is 1. The van der Waals surface area contributed by atoms with E-state index in [4.69, 9.17) is 10.5 Å². The van der Waals surface area contributed by atoms with Gasteiger partial charge in [-0.3, -0.25) is 0 Å². The summed E-state index contributed by atoms with van der Waals surface area (Å²) in [4.78, 5) is 4.52. The van der Waals surface area contributed by atoms with Crippen molar-refractivity contribution in [1.82, 2.24) is 9.55 Å². The Morgan fingerprint density at radius 1 is 1.45 bits per heavy atom. The molecule has 0 saturated carbocycles. The van der Waals surface area contributed by atoms with E-state index < -0.39 is 0 Å². The first kappa shape index (κ1) is 15.0. The lowest BCUT2D eigenvalue weighted by atomic mass is 10.1. The highest BCUT2D eigenvalue weighted by molar-refractivity contribution is 5.80. The SMILES string of the molecule is COC(C)(C)CCn1cc(CC(C)N)c2cccnc21. The molecule has 1 atom stereocenters. The van der Waals surface area contributed by atoms with E-state index in [1.165, 1.54) is 10.9 Å². The van der Waals surface area contributed by atoms with E-state index in [0.29, 0.717) is 0 Å². The van der Waals surface area contributed by atoms with E-state index in [0.717, 1.165) is 25.0 Å². The number of hydrogen-bond acceptors (Lipinski definition) is 3. The van der Waals surface area contributed by atoms with Crippen LogP contribution in [0.25, 0.3) is 11.0 Å². The van der Waals surface area contributed by atoms with Gasteiger partial charge in [0.1, 0.15) is 5.65 Å². The third-order valence-electron chi connectivity index (χ3n) is 3.77. The minimum atomic E-state index is -0.118. The molecule has 20 heavy (non-hydrogen) atoms. The third-order valence-corrected chi connectivity index (χ3v) is 3.77. The van der Waals surface area contributed by atoms with Gasteiger partial charge in [0, 0.05) is 37.5 Å². The molecule has 2 aromatic heterocycles. The molecule has 0 fully saturated rings. The second kappa shape index (κ2) is 5.94. The molecule has 110 valence electrons. The number of rotatable bonds is 6. The van der Waals surface area contributed by atoms with Crippen LogP contribution in [0.4, 0.5) is 0 Å². The van der Waals surface area contributed by atoms with Crippen LogP contribution >= 0.6 is 0 Å². The summed E-state index contributed by atoms with van der Waals surface area (Å²) in [5.41, 5.74) is 8.13. The molecule has 0 aromatic carbocycles. The molecule has 2 rings (SSSR count). The van der Waals surface area contributed by atoms with E-state index in [1.54, 1.807) is 7.11 Å². The van der Waals surface area contributed by atoms with Crippen molar-refractivity contribution in [3.8, 4) is 0 Å². The van der Waals surface area contributed by atoms with E-state index >= 15 is 0 Å². The molecule has 1 unspecified atom stereocenters. The van der Waals surface area contributed by atoms with Gasteiger partial charge in [-0.1, -0.05) is 0 Å². The molecule has 0 radical (unpaired) electrons. The molecule has 0 aliphatic carbocycles. The molecular weight excluding hydrogens is 250 g/mol. The Balaban J connectivity index is 2.29. The minimum Gasteiger partial charge on any atom is -0.379 e. The quantitative estimate of drug-likeness (QED) is 0.882. The van der Waals surface area contributed by atoms with Crippen LogP contribution in [-0.4, -0.2) is 28.3 Å². The number of fused-ring (bicyclic) bond motifs is 1. The summed E-state index contributed by atoms with van der Waals surface area (Å²) >= 11 is 0. The van der Waals surface area contributed by atoms with Crippen LogP contribution in [-0.2, 0) is 17.7 Å². The maximum absolute atomic E-state index is 5.94. The van der Waals surface area contributed by atoms with Crippen LogP contribution in [0.5, 0.6) is 0 Å². The molecule has 4 nitrogen and oxygen atoms in total. The highest BCUT2D eigenvalue weighted by atomic mass is 16.5. The lowest BCUT2D eigenvalue weighted by molar-refractivity contribution is 0.0123. The Labute approximate surface area is 120 Å². The average Bonchev–Trinajstić information content (AvgIpc) is 2.75. The van der Waals surface area contributed by atoms with Crippen molar-refractivity contribution in [2.45, 2.75) is 51.8 Å². The first-order valence-corrected chi connectivity index (χ1v) is 7.16. The van der Waals surface area contributed by atoms with E-state index in [9.17, 15) is 0 Å². The summed E-state index contributed by atoms with van der Waals surface area (Å²) in [5.74, 6) is 0. The summed E-state index contributed by atoms with van der Waals surface area (Å²) in [6.07, 6.45) is 5.85. The Hall–Kier alpha value is -1.39. The lowest BCUT2D eigenvalue weighted by Gasteiger charge is -2.23. The van der Waals surface area contributed by atoms with Crippen LogP contribution < -0.4 is 5.73 Å². The molecule has 2 aromatic rings. The fourth-order valence-electron chi connectivity index (χ4n) is 2.37. The van der Waals surface area contributed by atoms with Crippen LogP contribution in [0.1, 0.15) is 32.8 Å². The van der Waals surface area contributed by atoms with Gasteiger partial charge in [-0.15, -0.1) is 0 Å². The van der Waals surface area contributed by atoms with Gasteiger partial charge in [0.15, 0.2) is 0 Å². The third kappa shape index (κ3) is 3.38. The highest BCUT2D eigenvalue weighted by Gasteiger charge is 2.17. The molecule has 2 N–H and O–H groups in total. The van der Waals surface area contributed by atoms with Crippen LogP contribution in [0.15, 0.2) is 24.5 Å². The fourth-order valence-corrected chi connectivity index (χ4v) is 2.37. The summed E-state index contributed by atoms with van der Waals surface area (Å²) in [5, 5.41) is 1.21. The van der Waals surface area contributed by atoms with Gasteiger partial charge in [-0.25, -0.2) is 4.98 Å². The van der Waals surface area contributed by atoms with Crippen molar-refractivity contribution in [3.63, 3.8) is 0 Å². The van der Waals surface area contributed by atoms with Crippen molar-refractivity contribution in [2.24, 2.45) is 5.73 Å². The van der Waals surface area contributed by atoms with Crippen molar-refractivity contribution in [2.75, 3.05) is 7.11 Å².